The zero-order chi connectivity index (χ0) is 17.8. The second-order valence-corrected chi connectivity index (χ2v) is 5.96. The SMILES string of the molecule is Cc1onc(-c2ccccc2)c1-c1ccc(C(=O)N[C@@H](C)CO)cc1. The lowest BCUT2D eigenvalue weighted by Crippen LogP contribution is -2.34. The zero-order valence-corrected chi connectivity index (χ0v) is 14.2. The number of nitrogens with one attached hydrogen (secondary N) is 1. The van der Waals surface area contributed by atoms with Crippen LogP contribution in [0, 0.1) is 6.92 Å². The molecule has 5 nitrogen and oxygen atoms in total. The Morgan fingerprint density at radius 2 is 1.80 bits per heavy atom. The van der Waals surface area contributed by atoms with Crippen molar-refractivity contribution in [2.75, 3.05) is 6.61 Å². The van der Waals surface area contributed by atoms with Crippen LogP contribution in [-0.2, 0) is 0 Å². The third kappa shape index (κ3) is 3.61. The quantitative estimate of drug-likeness (QED) is 0.748. The molecule has 1 amide bonds. The summed E-state index contributed by atoms with van der Waals surface area (Å²) in [6.45, 7) is 3.53. The molecule has 1 atom stereocenters. The van der Waals surface area contributed by atoms with Crippen LogP contribution in [0.2, 0.25) is 0 Å². The molecular weight excluding hydrogens is 316 g/mol. The van der Waals surface area contributed by atoms with Crippen molar-refractivity contribution in [1.29, 1.82) is 0 Å². The molecule has 2 N–H and O–H groups in total. The summed E-state index contributed by atoms with van der Waals surface area (Å²) in [4.78, 5) is 12.1. The standard InChI is InChI=1S/C20H20N2O3/c1-13(12-23)21-20(24)17-10-8-15(9-11-17)18-14(2)25-22-19(18)16-6-4-3-5-7-16/h3-11,13,23H,12H2,1-2H3,(H,21,24)/t13-/m0/s1. The van der Waals surface area contributed by atoms with Crippen molar-refractivity contribution in [3.8, 4) is 22.4 Å². The molecule has 1 heterocycles. The van der Waals surface area contributed by atoms with E-state index < -0.39 is 0 Å². The molecule has 0 fully saturated rings. The topological polar surface area (TPSA) is 75.4 Å². The number of hydrogen-bond donors (Lipinski definition) is 2. The van der Waals surface area contributed by atoms with Crippen LogP contribution < -0.4 is 5.32 Å². The fourth-order valence-electron chi connectivity index (χ4n) is 2.65. The van der Waals surface area contributed by atoms with E-state index in [0.29, 0.717) is 5.56 Å². The van der Waals surface area contributed by atoms with Gasteiger partial charge in [-0.1, -0.05) is 47.6 Å². The van der Waals surface area contributed by atoms with Gasteiger partial charge < -0.3 is 14.9 Å². The first-order chi connectivity index (χ1) is 12.1. The van der Waals surface area contributed by atoms with Gasteiger partial charge in [-0.2, -0.15) is 0 Å². The predicted octanol–water partition coefficient (Wildman–Crippen LogP) is 3.43. The van der Waals surface area contributed by atoms with Gasteiger partial charge in [0.05, 0.1) is 12.2 Å². The Bertz CT molecular complexity index is 854. The molecule has 0 aliphatic carbocycles. The number of nitrogens with zero attached hydrogens (tertiary/aromatic N) is 1. The van der Waals surface area contributed by atoms with E-state index in [2.05, 4.69) is 10.5 Å². The number of aryl methyl sites for hydroxylation is 1. The van der Waals surface area contributed by atoms with Crippen molar-refractivity contribution in [1.82, 2.24) is 10.5 Å². The number of rotatable bonds is 5. The molecule has 0 spiro atoms. The predicted molar refractivity (Wildman–Crippen MR) is 96.1 cm³/mol. The molecule has 0 aliphatic rings. The number of carbonyl (C=O) groups is 1. The number of amides is 1. The Balaban J connectivity index is 1.91. The second kappa shape index (κ2) is 7.32. The Kier molecular flexibility index (Phi) is 4.95. The maximum absolute atomic E-state index is 12.1. The van der Waals surface area contributed by atoms with E-state index in [-0.39, 0.29) is 18.6 Å². The van der Waals surface area contributed by atoms with E-state index in [1.165, 1.54) is 0 Å². The van der Waals surface area contributed by atoms with Crippen LogP contribution in [0.15, 0.2) is 59.1 Å². The van der Waals surface area contributed by atoms with Crippen molar-refractivity contribution < 1.29 is 14.4 Å². The number of aliphatic hydroxyl groups excluding tert-OH is 1. The number of aliphatic hydroxyl groups is 1. The number of hydrogen-bond acceptors (Lipinski definition) is 4. The third-order valence-electron chi connectivity index (χ3n) is 4.00. The molecule has 25 heavy (non-hydrogen) atoms. The molecule has 3 aromatic rings. The van der Waals surface area contributed by atoms with Gasteiger partial charge in [0.25, 0.3) is 5.91 Å². The Labute approximate surface area is 146 Å². The van der Waals surface area contributed by atoms with Crippen molar-refractivity contribution in [3.05, 3.63) is 65.9 Å². The molecule has 128 valence electrons. The van der Waals surface area contributed by atoms with Crippen molar-refractivity contribution in [2.24, 2.45) is 0 Å². The minimum absolute atomic E-state index is 0.0931. The average molecular weight is 336 g/mol. The van der Waals surface area contributed by atoms with Gasteiger partial charge in [0.2, 0.25) is 0 Å². The average Bonchev–Trinajstić information content (AvgIpc) is 3.04. The molecule has 0 saturated carbocycles. The van der Waals surface area contributed by atoms with E-state index in [1.54, 1.807) is 19.1 Å². The van der Waals surface area contributed by atoms with Crippen molar-refractivity contribution in [2.45, 2.75) is 19.9 Å². The van der Waals surface area contributed by atoms with Gasteiger partial charge in [-0.3, -0.25) is 4.79 Å². The molecule has 1 aromatic heterocycles. The van der Waals surface area contributed by atoms with Crippen LogP contribution in [0.3, 0.4) is 0 Å². The summed E-state index contributed by atoms with van der Waals surface area (Å²) < 4.78 is 5.39. The van der Waals surface area contributed by atoms with Gasteiger partial charge in [-0.25, -0.2) is 0 Å². The zero-order valence-electron chi connectivity index (χ0n) is 14.2. The first-order valence-corrected chi connectivity index (χ1v) is 8.14. The number of benzene rings is 2. The number of carbonyl (C=O) groups excluding carboxylic acids is 1. The largest absolute Gasteiger partial charge is 0.394 e. The van der Waals surface area contributed by atoms with E-state index in [0.717, 1.165) is 28.1 Å². The highest BCUT2D eigenvalue weighted by atomic mass is 16.5. The van der Waals surface area contributed by atoms with E-state index >= 15 is 0 Å². The molecule has 0 saturated heterocycles. The van der Waals surface area contributed by atoms with Gasteiger partial charge in [0.1, 0.15) is 11.5 Å². The molecule has 5 heteroatoms. The molecule has 0 aliphatic heterocycles. The molecule has 0 radical (unpaired) electrons. The van der Waals surface area contributed by atoms with E-state index in [9.17, 15) is 4.79 Å². The first kappa shape index (κ1) is 16.9. The summed E-state index contributed by atoms with van der Waals surface area (Å²) in [6.07, 6.45) is 0. The maximum atomic E-state index is 12.1. The second-order valence-electron chi connectivity index (χ2n) is 5.96. The fourth-order valence-corrected chi connectivity index (χ4v) is 2.65. The lowest BCUT2D eigenvalue weighted by molar-refractivity contribution is 0.0922. The fraction of sp³-hybridized carbons (Fsp3) is 0.200. The summed E-state index contributed by atoms with van der Waals surface area (Å²) in [6, 6.07) is 16.8. The summed E-state index contributed by atoms with van der Waals surface area (Å²) >= 11 is 0. The summed E-state index contributed by atoms with van der Waals surface area (Å²) in [7, 11) is 0. The highest BCUT2D eigenvalue weighted by Gasteiger charge is 2.17. The van der Waals surface area contributed by atoms with E-state index in [1.807, 2.05) is 49.4 Å². The lowest BCUT2D eigenvalue weighted by atomic mass is 9.98. The third-order valence-corrected chi connectivity index (χ3v) is 4.00. The molecule has 2 aromatic carbocycles. The van der Waals surface area contributed by atoms with E-state index in [4.69, 9.17) is 9.63 Å². The van der Waals surface area contributed by atoms with Gasteiger partial charge in [-0.05, 0) is 31.5 Å². The maximum Gasteiger partial charge on any atom is 0.251 e. The first-order valence-electron chi connectivity index (χ1n) is 8.14. The Morgan fingerprint density at radius 3 is 2.44 bits per heavy atom. The van der Waals surface area contributed by atoms with Gasteiger partial charge in [0, 0.05) is 17.2 Å². The molecule has 3 rings (SSSR count). The van der Waals surface area contributed by atoms with Gasteiger partial charge in [0.15, 0.2) is 0 Å². The van der Waals surface area contributed by atoms with Crippen LogP contribution in [0.4, 0.5) is 0 Å². The normalized spacial score (nSPS) is 12.0. The Morgan fingerprint density at radius 1 is 1.12 bits per heavy atom. The highest BCUT2D eigenvalue weighted by molar-refractivity contribution is 5.95. The lowest BCUT2D eigenvalue weighted by Gasteiger charge is -2.11. The summed E-state index contributed by atoms with van der Waals surface area (Å²) in [5, 5.41) is 16.0. The Hall–Kier alpha value is -2.92. The molecular formula is C20H20N2O3. The number of aromatic nitrogens is 1. The van der Waals surface area contributed by atoms with Crippen LogP contribution in [-0.4, -0.2) is 28.8 Å². The minimum atomic E-state index is -0.280. The van der Waals surface area contributed by atoms with Crippen LogP contribution in [0.5, 0.6) is 0 Å². The monoisotopic (exact) mass is 336 g/mol. The van der Waals surface area contributed by atoms with Crippen LogP contribution in [0.1, 0.15) is 23.0 Å². The van der Waals surface area contributed by atoms with Crippen LogP contribution in [0.25, 0.3) is 22.4 Å². The molecule has 0 unspecified atom stereocenters. The summed E-state index contributed by atoms with van der Waals surface area (Å²) in [5.74, 6) is 0.517. The highest BCUT2D eigenvalue weighted by Crippen LogP contribution is 2.34. The van der Waals surface area contributed by atoms with Crippen molar-refractivity contribution in [3.63, 3.8) is 0 Å². The molecule has 0 bridgehead atoms. The summed E-state index contributed by atoms with van der Waals surface area (Å²) in [5.41, 5.74) is 4.16. The van der Waals surface area contributed by atoms with Gasteiger partial charge in [-0.15, -0.1) is 0 Å². The van der Waals surface area contributed by atoms with Crippen LogP contribution >= 0.6 is 0 Å². The van der Waals surface area contributed by atoms with Crippen molar-refractivity contribution >= 4 is 5.91 Å². The minimum Gasteiger partial charge on any atom is -0.394 e. The van der Waals surface area contributed by atoms with Gasteiger partial charge >= 0.3 is 0 Å². The smallest absolute Gasteiger partial charge is 0.251 e.